The molecule has 0 amide bonds. The van der Waals surface area contributed by atoms with E-state index in [0.717, 1.165) is 15.6 Å². The molecule has 0 saturated heterocycles. The van der Waals surface area contributed by atoms with Crippen LogP contribution in [0.1, 0.15) is 0 Å². The van der Waals surface area contributed by atoms with Crippen LogP contribution in [-0.4, -0.2) is 12.5 Å². The maximum absolute atomic E-state index is 5.56. The molecule has 0 bridgehead atoms. The summed E-state index contributed by atoms with van der Waals surface area (Å²) in [4.78, 5) is 0. The van der Waals surface area contributed by atoms with E-state index in [1.54, 1.807) is 0 Å². The molecule has 0 N–H and O–H groups in total. The summed E-state index contributed by atoms with van der Waals surface area (Å²) in [7, 11) is 0. The lowest BCUT2D eigenvalue weighted by molar-refractivity contribution is 0.343. The Hall–Kier alpha value is -0.730. The normalized spacial score (nSPS) is 10.5. The second kappa shape index (κ2) is 4.86. The Morgan fingerprint density at radius 2 is 2.07 bits per heavy atom. The van der Waals surface area contributed by atoms with Crippen LogP contribution in [0.3, 0.4) is 0 Å². The highest BCUT2D eigenvalue weighted by atomic mass is 79.9. The zero-order valence-corrected chi connectivity index (χ0v) is 10.4. The van der Waals surface area contributed by atoms with Gasteiger partial charge in [0, 0.05) is 4.47 Å². The fourth-order valence-corrected chi connectivity index (χ4v) is 2.06. The van der Waals surface area contributed by atoms with Crippen molar-refractivity contribution in [3.8, 4) is 5.75 Å². The molecule has 0 aromatic heterocycles. The van der Waals surface area contributed by atoms with Gasteiger partial charge >= 0.3 is 0 Å². The van der Waals surface area contributed by atoms with Gasteiger partial charge in [-0.05, 0) is 35.0 Å². The van der Waals surface area contributed by atoms with Crippen LogP contribution >= 0.6 is 27.5 Å². The fourth-order valence-electron chi connectivity index (χ4n) is 1.47. The first-order valence-corrected chi connectivity index (χ1v) is 6.01. The third kappa shape index (κ3) is 2.44. The molecule has 78 valence electrons. The first-order chi connectivity index (χ1) is 7.31. The smallest absolute Gasteiger partial charge is 0.119 e. The van der Waals surface area contributed by atoms with Gasteiger partial charge in [0.25, 0.3) is 0 Å². The van der Waals surface area contributed by atoms with Gasteiger partial charge in [0.2, 0.25) is 0 Å². The Kier molecular flexibility index (Phi) is 3.49. The zero-order chi connectivity index (χ0) is 10.7. The Morgan fingerprint density at radius 3 is 2.87 bits per heavy atom. The van der Waals surface area contributed by atoms with Gasteiger partial charge < -0.3 is 4.74 Å². The molecular weight excluding hydrogens is 275 g/mol. The summed E-state index contributed by atoms with van der Waals surface area (Å²) in [5, 5.41) is 2.35. The predicted molar refractivity (Wildman–Crippen MR) is 67.9 cm³/mol. The molecule has 15 heavy (non-hydrogen) atoms. The minimum Gasteiger partial charge on any atom is -0.492 e. The van der Waals surface area contributed by atoms with Crippen LogP contribution in [0.2, 0.25) is 0 Å². The molecule has 0 spiro atoms. The van der Waals surface area contributed by atoms with Crippen LogP contribution in [0.5, 0.6) is 5.75 Å². The van der Waals surface area contributed by atoms with E-state index in [-0.39, 0.29) is 0 Å². The highest BCUT2D eigenvalue weighted by molar-refractivity contribution is 9.10. The minimum atomic E-state index is 0.510. The molecule has 0 heterocycles. The molecule has 1 nitrogen and oxygen atoms in total. The zero-order valence-electron chi connectivity index (χ0n) is 8.04. The second-order valence-electron chi connectivity index (χ2n) is 3.16. The van der Waals surface area contributed by atoms with Gasteiger partial charge in [-0.1, -0.05) is 28.1 Å². The maximum Gasteiger partial charge on any atom is 0.119 e. The largest absolute Gasteiger partial charge is 0.492 e. The predicted octanol–water partition coefficient (Wildman–Crippen LogP) is 4.22. The molecule has 0 atom stereocenters. The van der Waals surface area contributed by atoms with Crippen LogP contribution in [0.4, 0.5) is 0 Å². The number of rotatable bonds is 3. The van der Waals surface area contributed by atoms with Crippen molar-refractivity contribution in [1.29, 1.82) is 0 Å². The lowest BCUT2D eigenvalue weighted by Crippen LogP contribution is -1.97. The monoisotopic (exact) mass is 284 g/mol. The van der Waals surface area contributed by atoms with Gasteiger partial charge in [0.1, 0.15) is 12.4 Å². The Morgan fingerprint density at radius 1 is 1.20 bits per heavy atom. The molecule has 2 aromatic carbocycles. The van der Waals surface area contributed by atoms with Crippen LogP contribution < -0.4 is 4.74 Å². The van der Waals surface area contributed by atoms with E-state index >= 15 is 0 Å². The van der Waals surface area contributed by atoms with Crippen molar-refractivity contribution in [2.45, 2.75) is 0 Å². The topological polar surface area (TPSA) is 9.23 Å². The summed E-state index contributed by atoms with van der Waals surface area (Å²) in [6.07, 6.45) is 0. The van der Waals surface area contributed by atoms with E-state index < -0.39 is 0 Å². The molecule has 2 aromatic rings. The van der Waals surface area contributed by atoms with Crippen molar-refractivity contribution < 1.29 is 4.74 Å². The van der Waals surface area contributed by atoms with Crippen molar-refractivity contribution >= 4 is 38.3 Å². The van der Waals surface area contributed by atoms with E-state index in [0.29, 0.717) is 12.5 Å². The Balaban J connectivity index is 2.39. The van der Waals surface area contributed by atoms with Crippen molar-refractivity contribution in [3.63, 3.8) is 0 Å². The lowest BCUT2D eigenvalue weighted by Gasteiger charge is -2.06. The first-order valence-electron chi connectivity index (χ1n) is 4.68. The minimum absolute atomic E-state index is 0.510. The molecule has 0 unspecified atom stereocenters. The third-order valence-corrected chi connectivity index (χ3v) is 2.99. The van der Waals surface area contributed by atoms with Crippen molar-refractivity contribution in [2.24, 2.45) is 0 Å². The molecule has 2 rings (SSSR count). The average Bonchev–Trinajstić information content (AvgIpc) is 2.26. The van der Waals surface area contributed by atoms with Gasteiger partial charge in [0.05, 0.1) is 5.88 Å². The van der Waals surface area contributed by atoms with Gasteiger partial charge in [-0.25, -0.2) is 0 Å². The molecule has 0 aliphatic rings. The number of ether oxygens (including phenoxy) is 1. The van der Waals surface area contributed by atoms with Crippen LogP contribution in [0, 0.1) is 0 Å². The fraction of sp³-hybridized carbons (Fsp3) is 0.167. The molecule has 0 radical (unpaired) electrons. The molecular formula is C12H10BrClO. The summed E-state index contributed by atoms with van der Waals surface area (Å²) in [6, 6.07) is 12.1. The number of benzene rings is 2. The summed E-state index contributed by atoms with van der Waals surface area (Å²) >= 11 is 9.07. The quantitative estimate of drug-likeness (QED) is 0.767. The third-order valence-electron chi connectivity index (χ3n) is 2.14. The molecule has 0 saturated carbocycles. The average molecular weight is 286 g/mol. The number of halogens is 2. The van der Waals surface area contributed by atoms with Gasteiger partial charge in [-0.3, -0.25) is 0 Å². The molecule has 3 heteroatoms. The first kappa shape index (κ1) is 10.8. The van der Waals surface area contributed by atoms with Gasteiger partial charge in [0.15, 0.2) is 0 Å². The van der Waals surface area contributed by atoms with Crippen LogP contribution in [-0.2, 0) is 0 Å². The van der Waals surface area contributed by atoms with Crippen molar-refractivity contribution in [3.05, 3.63) is 40.9 Å². The van der Waals surface area contributed by atoms with Crippen molar-refractivity contribution in [2.75, 3.05) is 12.5 Å². The lowest BCUT2D eigenvalue weighted by atomic mass is 10.1. The number of alkyl halides is 1. The second-order valence-corrected chi connectivity index (χ2v) is 4.39. The standard InChI is InChI=1S/C12H10BrClO/c13-12-3-1-2-9-8-10(15-7-6-14)4-5-11(9)12/h1-5,8H,6-7H2. The maximum atomic E-state index is 5.56. The Bertz CT molecular complexity index is 470. The van der Waals surface area contributed by atoms with E-state index in [9.17, 15) is 0 Å². The summed E-state index contributed by atoms with van der Waals surface area (Å²) in [6.45, 7) is 0.543. The SMILES string of the molecule is ClCCOc1ccc2c(Br)cccc2c1. The summed E-state index contributed by atoms with van der Waals surface area (Å²) in [5.74, 6) is 1.37. The molecule has 0 aliphatic carbocycles. The van der Waals surface area contributed by atoms with Crippen LogP contribution in [0.15, 0.2) is 40.9 Å². The Labute approximate surface area is 102 Å². The van der Waals surface area contributed by atoms with Gasteiger partial charge in [-0.2, -0.15) is 0 Å². The summed E-state index contributed by atoms with van der Waals surface area (Å²) in [5.41, 5.74) is 0. The number of hydrogen-bond donors (Lipinski definition) is 0. The number of fused-ring (bicyclic) bond motifs is 1. The number of hydrogen-bond acceptors (Lipinski definition) is 1. The highest BCUT2D eigenvalue weighted by Crippen LogP contribution is 2.27. The van der Waals surface area contributed by atoms with E-state index in [4.69, 9.17) is 16.3 Å². The highest BCUT2D eigenvalue weighted by Gasteiger charge is 1.99. The molecule has 0 aliphatic heterocycles. The summed E-state index contributed by atoms with van der Waals surface area (Å²) < 4.78 is 6.56. The van der Waals surface area contributed by atoms with Crippen LogP contribution in [0.25, 0.3) is 10.8 Å². The van der Waals surface area contributed by atoms with Gasteiger partial charge in [-0.15, -0.1) is 11.6 Å². The van der Waals surface area contributed by atoms with E-state index in [1.807, 2.05) is 30.3 Å². The molecule has 0 fully saturated rings. The van der Waals surface area contributed by atoms with E-state index in [1.165, 1.54) is 5.39 Å². The van der Waals surface area contributed by atoms with Crippen molar-refractivity contribution in [1.82, 2.24) is 0 Å². The van der Waals surface area contributed by atoms with E-state index in [2.05, 4.69) is 22.0 Å².